The first kappa shape index (κ1) is 13.2. The van der Waals surface area contributed by atoms with Crippen molar-refractivity contribution < 1.29 is 30.3 Å². The molecule has 1 fully saturated rings. The lowest BCUT2D eigenvalue weighted by molar-refractivity contribution is -0.167. The van der Waals surface area contributed by atoms with Gasteiger partial charge in [0.1, 0.15) is 24.4 Å². The van der Waals surface area contributed by atoms with Gasteiger partial charge in [-0.05, 0) is 0 Å². The molecule has 90 valence electrons. The molecule has 1 aliphatic heterocycles. The molecule has 1 aliphatic rings. The highest BCUT2D eigenvalue weighted by atomic mass is 32.1. The van der Waals surface area contributed by atoms with Crippen LogP contribution in [0.4, 0.5) is 0 Å². The molecule has 1 saturated heterocycles. The highest BCUT2D eigenvalue weighted by molar-refractivity contribution is 7.81. The van der Waals surface area contributed by atoms with Gasteiger partial charge < -0.3 is 30.3 Å². The van der Waals surface area contributed by atoms with Gasteiger partial charge in [-0.2, -0.15) is 12.6 Å². The highest BCUT2D eigenvalue weighted by Crippen LogP contribution is 2.23. The van der Waals surface area contributed by atoms with Crippen molar-refractivity contribution in [3.63, 3.8) is 0 Å². The molecule has 3 unspecified atom stereocenters. The summed E-state index contributed by atoms with van der Waals surface area (Å²) in [4.78, 5) is 0. The van der Waals surface area contributed by atoms with Gasteiger partial charge in [0.15, 0.2) is 0 Å². The molecule has 0 amide bonds. The summed E-state index contributed by atoms with van der Waals surface area (Å²) in [5.74, 6) is 0. The van der Waals surface area contributed by atoms with Gasteiger partial charge in [-0.3, -0.25) is 0 Å². The van der Waals surface area contributed by atoms with E-state index in [2.05, 4.69) is 12.6 Å². The van der Waals surface area contributed by atoms with Crippen LogP contribution < -0.4 is 0 Å². The maximum Gasteiger partial charge on any atom is 0.109 e. The number of aliphatic hydroxyl groups is 5. The monoisotopic (exact) mass is 240 g/mol. The van der Waals surface area contributed by atoms with E-state index in [4.69, 9.17) is 9.84 Å². The third-order valence-corrected chi connectivity index (χ3v) is 3.06. The second-order valence-electron chi connectivity index (χ2n) is 3.59. The lowest BCUT2D eigenvalue weighted by atomic mass is 9.96. The molecule has 0 saturated carbocycles. The number of ether oxygens (including phenoxy) is 1. The van der Waals surface area contributed by atoms with Gasteiger partial charge in [0, 0.05) is 0 Å². The van der Waals surface area contributed by atoms with Crippen LogP contribution in [-0.2, 0) is 4.74 Å². The van der Waals surface area contributed by atoms with Gasteiger partial charge in [-0.1, -0.05) is 0 Å². The first-order valence-corrected chi connectivity index (χ1v) is 5.13. The van der Waals surface area contributed by atoms with E-state index in [9.17, 15) is 20.4 Å². The van der Waals surface area contributed by atoms with Crippen LogP contribution in [0, 0.1) is 0 Å². The van der Waals surface area contributed by atoms with Crippen LogP contribution in [0.2, 0.25) is 0 Å². The fraction of sp³-hybridized carbons (Fsp3) is 1.00. The van der Waals surface area contributed by atoms with E-state index in [1.165, 1.54) is 0 Å². The number of hydrogen-bond donors (Lipinski definition) is 6. The SMILES string of the molecule is OCC(O)C(O)C1OC[C@@H](O)[C@@H](O)[C@@H]1S. The molecule has 5 N–H and O–H groups in total. The summed E-state index contributed by atoms with van der Waals surface area (Å²) >= 11 is 4.00. The molecule has 0 aromatic heterocycles. The Morgan fingerprint density at radius 3 is 2.47 bits per heavy atom. The molecule has 0 aromatic rings. The van der Waals surface area contributed by atoms with Crippen molar-refractivity contribution in [1.29, 1.82) is 0 Å². The molecule has 6 atom stereocenters. The molecule has 7 heteroatoms. The van der Waals surface area contributed by atoms with Gasteiger partial charge >= 0.3 is 0 Å². The minimum absolute atomic E-state index is 0.141. The zero-order valence-electron chi connectivity index (χ0n) is 7.97. The summed E-state index contributed by atoms with van der Waals surface area (Å²) < 4.78 is 5.05. The molecule has 6 nitrogen and oxygen atoms in total. The van der Waals surface area contributed by atoms with Crippen molar-refractivity contribution in [3.05, 3.63) is 0 Å². The highest BCUT2D eigenvalue weighted by Gasteiger charge is 2.42. The van der Waals surface area contributed by atoms with Crippen LogP contribution in [0.1, 0.15) is 0 Å². The predicted molar refractivity (Wildman–Crippen MR) is 53.6 cm³/mol. The van der Waals surface area contributed by atoms with Gasteiger partial charge in [-0.25, -0.2) is 0 Å². The van der Waals surface area contributed by atoms with Gasteiger partial charge in [-0.15, -0.1) is 0 Å². The number of aliphatic hydroxyl groups excluding tert-OH is 5. The largest absolute Gasteiger partial charge is 0.394 e. The van der Waals surface area contributed by atoms with Crippen LogP contribution in [0.5, 0.6) is 0 Å². The summed E-state index contributed by atoms with van der Waals surface area (Å²) in [6, 6.07) is 0. The maximum absolute atomic E-state index is 9.54. The summed E-state index contributed by atoms with van der Waals surface area (Å²) in [5.41, 5.74) is 0. The van der Waals surface area contributed by atoms with Gasteiger partial charge in [0.05, 0.1) is 24.6 Å². The summed E-state index contributed by atoms with van der Waals surface area (Å²) in [6.07, 6.45) is -5.81. The normalized spacial score (nSPS) is 41.2. The van der Waals surface area contributed by atoms with E-state index in [0.717, 1.165) is 0 Å². The Morgan fingerprint density at radius 2 is 1.93 bits per heavy atom. The quantitative estimate of drug-likeness (QED) is 0.296. The smallest absolute Gasteiger partial charge is 0.109 e. The Hall–Kier alpha value is 0.110. The van der Waals surface area contributed by atoms with Crippen molar-refractivity contribution in [1.82, 2.24) is 0 Å². The molecule has 0 bridgehead atoms. The average Bonchev–Trinajstić information content (AvgIpc) is 2.24. The average molecular weight is 240 g/mol. The number of thiol groups is 1. The minimum atomic E-state index is -1.35. The van der Waals surface area contributed by atoms with Crippen LogP contribution in [0.3, 0.4) is 0 Å². The van der Waals surface area contributed by atoms with E-state index in [1.807, 2.05) is 0 Å². The second kappa shape index (κ2) is 5.44. The third-order valence-electron chi connectivity index (χ3n) is 2.46. The van der Waals surface area contributed by atoms with Crippen molar-refractivity contribution in [2.45, 2.75) is 35.8 Å². The van der Waals surface area contributed by atoms with E-state index in [-0.39, 0.29) is 6.61 Å². The fourth-order valence-electron chi connectivity index (χ4n) is 1.46. The molecule has 15 heavy (non-hydrogen) atoms. The van der Waals surface area contributed by atoms with Crippen LogP contribution >= 0.6 is 12.6 Å². The molecule has 0 radical (unpaired) electrons. The Balaban J connectivity index is 2.62. The Morgan fingerprint density at radius 1 is 1.33 bits per heavy atom. The summed E-state index contributed by atoms with van der Waals surface area (Å²) in [5, 5.41) is 45.2. The number of rotatable bonds is 3. The lowest BCUT2D eigenvalue weighted by Crippen LogP contribution is -2.57. The van der Waals surface area contributed by atoms with Crippen molar-refractivity contribution in [3.8, 4) is 0 Å². The van der Waals surface area contributed by atoms with E-state index in [0.29, 0.717) is 0 Å². The Kier molecular flexibility index (Phi) is 4.78. The Bertz CT molecular complexity index is 200. The molecule has 0 spiro atoms. The van der Waals surface area contributed by atoms with E-state index in [1.54, 1.807) is 0 Å². The lowest BCUT2D eigenvalue weighted by Gasteiger charge is -2.38. The van der Waals surface area contributed by atoms with Crippen LogP contribution in [-0.4, -0.2) is 74.5 Å². The fourth-order valence-corrected chi connectivity index (χ4v) is 1.92. The molecule has 1 rings (SSSR count). The maximum atomic E-state index is 9.54. The van der Waals surface area contributed by atoms with Gasteiger partial charge in [0.2, 0.25) is 0 Å². The van der Waals surface area contributed by atoms with E-state index >= 15 is 0 Å². The van der Waals surface area contributed by atoms with Gasteiger partial charge in [0.25, 0.3) is 0 Å². The topological polar surface area (TPSA) is 110 Å². The second-order valence-corrected chi connectivity index (χ2v) is 4.18. The molecular formula is C8H16O6S. The van der Waals surface area contributed by atoms with Crippen LogP contribution in [0.25, 0.3) is 0 Å². The first-order chi connectivity index (χ1) is 6.99. The molecule has 0 aromatic carbocycles. The first-order valence-electron chi connectivity index (χ1n) is 4.61. The Labute approximate surface area is 92.5 Å². The molecular weight excluding hydrogens is 224 g/mol. The van der Waals surface area contributed by atoms with Crippen LogP contribution in [0.15, 0.2) is 0 Å². The predicted octanol–water partition coefficient (Wildman–Crippen LogP) is -2.88. The minimum Gasteiger partial charge on any atom is -0.394 e. The zero-order chi connectivity index (χ0) is 11.6. The summed E-state index contributed by atoms with van der Waals surface area (Å²) in [6.45, 7) is -0.752. The van der Waals surface area contributed by atoms with Crippen molar-refractivity contribution in [2.24, 2.45) is 0 Å². The van der Waals surface area contributed by atoms with Crippen molar-refractivity contribution >= 4 is 12.6 Å². The number of hydrogen-bond acceptors (Lipinski definition) is 7. The van der Waals surface area contributed by atoms with Crippen molar-refractivity contribution in [2.75, 3.05) is 13.2 Å². The molecule has 0 aliphatic carbocycles. The standard InChI is InChI=1S/C8H16O6S/c9-1-3(10)5(12)7-8(15)6(13)4(11)2-14-7/h3-13,15H,1-2H2/t3?,4-,5?,6-,7?,8+/m1/s1. The summed E-state index contributed by atoms with van der Waals surface area (Å²) in [7, 11) is 0. The molecule has 1 heterocycles. The third kappa shape index (κ3) is 2.82. The van der Waals surface area contributed by atoms with E-state index < -0.39 is 42.4 Å². The zero-order valence-corrected chi connectivity index (χ0v) is 8.86.